The van der Waals surface area contributed by atoms with E-state index >= 15 is 0 Å². The third-order valence-electron chi connectivity index (χ3n) is 4.47. The van der Waals surface area contributed by atoms with Crippen molar-refractivity contribution in [3.63, 3.8) is 0 Å². The molecule has 0 radical (unpaired) electrons. The van der Waals surface area contributed by atoms with Crippen LogP contribution in [0.25, 0.3) is 11.4 Å². The second-order valence-electron chi connectivity index (χ2n) is 6.91. The molecular formula is C22H22N6OS. The van der Waals surface area contributed by atoms with Crippen molar-refractivity contribution in [1.29, 1.82) is 0 Å². The van der Waals surface area contributed by atoms with Crippen molar-refractivity contribution in [3.8, 4) is 23.0 Å². The van der Waals surface area contributed by atoms with E-state index in [-0.39, 0.29) is 0 Å². The molecule has 0 unspecified atom stereocenters. The Balaban J connectivity index is 1.48. The molecule has 0 saturated carbocycles. The first kappa shape index (κ1) is 19.9. The van der Waals surface area contributed by atoms with Gasteiger partial charge in [0, 0.05) is 23.0 Å². The van der Waals surface area contributed by atoms with Crippen molar-refractivity contribution >= 4 is 23.4 Å². The maximum Gasteiger partial charge on any atom is 0.246 e. The van der Waals surface area contributed by atoms with E-state index in [0.717, 1.165) is 22.5 Å². The Morgan fingerprint density at radius 2 is 1.73 bits per heavy atom. The van der Waals surface area contributed by atoms with Crippen LogP contribution in [0.2, 0.25) is 0 Å². The fourth-order valence-corrected chi connectivity index (χ4v) is 3.31. The quantitative estimate of drug-likeness (QED) is 0.318. The Morgan fingerprint density at radius 1 is 0.933 bits per heavy atom. The molecule has 152 valence electrons. The highest BCUT2D eigenvalue weighted by molar-refractivity contribution is 7.98. The third-order valence-corrected chi connectivity index (χ3v) is 5.02. The summed E-state index contributed by atoms with van der Waals surface area (Å²) in [6.45, 7) is 6.03. The maximum atomic E-state index is 5.88. The largest absolute Gasteiger partial charge is 0.439 e. The number of aromatic amines is 1. The number of ether oxygens (including phenoxy) is 1. The van der Waals surface area contributed by atoms with Gasteiger partial charge in [0.1, 0.15) is 5.75 Å². The standard InChI is InChI=1S/C22H22N6OS/c1-13-5-6-14(2)18(11-13)24-21-26-20(27-28-21)16-7-9-17(10-8-16)29-19-12-15(3)23-22(25-19)30-4/h5-12H,1-4H3,(H2,24,26,27,28). The number of hydrogen-bond donors (Lipinski definition) is 2. The number of rotatable bonds is 6. The second-order valence-corrected chi connectivity index (χ2v) is 7.69. The first-order chi connectivity index (χ1) is 14.5. The van der Waals surface area contributed by atoms with Crippen LogP contribution in [0.4, 0.5) is 11.6 Å². The third kappa shape index (κ3) is 4.60. The van der Waals surface area contributed by atoms with Gasteiger partial charge in [-0.1, -0.05) is 23.9 Å². The SMILES string of the molecule is CSc1nc(C)cc(Oc2ccc(-c3nc(Nc4cc(C)ccc4C)n[nH]3)cc2)n1. The van der Waals surface area contributed by atoms with Crippen LogP contribution in [0.5, 0.6) is 11.6 Å². The molecule has 2 aromatic heterocycles. The number of aromatic nitrogens is 5. The van der Waals surface area contributed by atoms with Crippen molar-refractivity contribution in [3.05, 3.63) is 65.4 Å². The Labute approximate surface area is 179 Å². The highest BCUT2D eigenvalue weighted by Gasteiger charge is 2.09. The zero-order chi connectivity index (χ0) is 21.1. The summed E-state index contributed by atoms with van der Waals surface area (Å²) < 4.78 is 5.88. The molecule has 8 heteroatoms. The molecule has 30 heavy (non-hydrogen) atoms. The van der Waals surface area contributed by atoms with Crippen LogP contribution in [0, 0.1) is 20.8 Å². The maximum absolute atomic E-state index is 5.88. The van der Waals surface area contributed by atoms with Gasteiger partial charge in [0.05, 0.1) is 0 Å². The molecule has 0 amide bonds. The average Bonchev–Trinajstić information content (AvgIpc) is 3.19. The van der Waals surface area contributed by atoms with E-state index in [1.165, 1.54) is 17.3 Å². The highest BCUT2D eigenvalue weighted by Crippen LogP contribution is 2.26. The van der Waals surface area contributed by atoms with E-state index in [0.29, 0.717) is 28.6 Å². The predicted molar refractivity (Wildman–Crippen MR) is 120 cm³/mol. The van der Waals surface area contributed by atoms with E-state index in [4.69, 9.17) is 4.74 Å². The Hall–Kier alpha value is -3.39. The average molecular weight is 419 g/mol. The molecule has 0 aliphatic heterocycles. The molecule has 0 fully saturated rings. The molecule has 0 bridgehead atoms. The van der Waals surface area contributed by atoms with E-state index in [1.54, 1.807) is 0 Å². The molecule has 4 aromatic rings. The number of hydrogen-bond acceptors (Lipinski definition) is 7. The summed E-state index contributed by atoms with van der Waals surface area (Å²) in [4.78, 5) is 13.3. The van der Waals surface area contributed by atoms with Gasteiger partial charge in [-0.05, 0) is 68.5 Å². The van der Waals surface area contributed by atoms with E-state index in [9.17, 15) is 0 Å². The second kappa shape index (κ2) is 8.54. The summed E-state index contributed by atoms with van der Waals surface area (Å²) in [5.41, 5.74) is 5.09. The van der Waals surface area contributed by atoms with Gasteiger partial charge in [-0.3, -0.25) is 5.10 Å². The van der Waals surface area contributed by atoms with E-state index in [2.05, 4.69) is 62.5 Å². The lowest BCUT2D eigenvalue weighted by molar-refractivity contribution is 0.454. The minimum atomic E-state index is 0.527. The van der Waals surface area contributed by atoms with Crippen LogP contribution in [-0.4, -0.2) is 31.4 Å². The molecule has 4 rings (SSSR count). The van der Waals surface area contributed by atoms with Gasteiger partial charge in [0.2, 0.25) is 11.8 Å². The van der Waals surface area contributed by atoms with Crippen molar-refractivity contribution in [2.24, 2.45) is 0 Å². The lowest BCUT2D eigenvalue weighted by Gasteiger charge is -2.07. The lowest BCUT2D eigenvalue weighted by Crippen LogP contribution is -1.95. The first-order valence-electron chi connectivity index (χ1n) is 9.45. The highest BCUT2D eigenvalue weighted by atomic mass is 32.2. The van der Waals surface area contributed by atoms with Crippen molar-refractivity contribution in [1.82, 2.24) is 25.1 Å². The number of H-pyrrole nitrogens is 1. The molecule has 0 atom stereocenters. The van der Waals surface area contributed by atoms with Crippen molar-refractivity contribution in [2.45, 2.75) is 25.9 Å². The smallest absolute Gasteiger partial charge is 0.246 e. The molecule has 0 aliphatic carbocycles. The molecule has 2 heterocycles. The van der Waals surface area contributed by atoms with Gasteiger partial charge in [-0.25, -0.2) is 4.98 Å². The number of nitrogens with zero attached hydrogens (tertiary/aromatic N) is 4. The minimum absolute atomic E-state index is 0.527. The topological polar surface area (TPSA) is 88.6 Å². The van der Waals surface area contributed by atoms with Crippen LogP contribution in [0.1, 0.15) is 16.8 Å². The molecule has 2 N–H and O–H groups in total. The summed E-state index contributed by atoms with van der Waals surface area (Å²) >= 11 is 1.48. The van der Waals surface area contributed by atoms with Crippen LogP contribution in [0.15, 0.2) is 53.7 Å². The molecule has 0 spiro atoms. The van der Waals surface area contributed by atoms with Gasteiger partial charge in [-0.2, -0.15) is 9.97 Å². The van der Waals surface area contributed by atoms with Gasteiger partial charge < -0.3 is 10.1 Å². The zero-order valence-electron chi connectivity index (χ0n) is 17.2. The fraction of sp³-hybridized carbons (Fsp3) is 0.182. The zero-order valence-corrected chi connectivity index (χ0v) is 18.0. The lowest BCUT2D eigenvalue weighted by atomic mass is 10.1. The van der Waals surface area contributed by atoms with E-state index in [1.807, 2.05) is 43.5 Å². The molecule has 0 aliphatic rings. The van der Waals surface area contributed by atoms with Crippen molar-refractivity contribution < 1.29 is 4.74 Å². The minimum Gasteiger partial charge on any atom is -0.439 e. The number of nitrogens with one attached hydrogen (secondary N) is 2. The number of anilines is 2. The van der Waals surface area contributed by atoms with Gasteiger partial charge in [0.15, 0.2) is 11.0 Å². The number of aryl methyl sites for hydroxylation is 3. The summed E-state index contributed by atoms with van der Waals surface area (Å²) in [7, 11) is 0. The van der Waals surface area contributed by atoms with E-state index < -0.39 is 0 Å². The summed E-state index contributed by atoms with van der Waals surface area (Å²) in [6.07, 6.45) is 1.94. The number of thioether (sulfide) groups is 1. The van der Waals surface area contributed by atoms with Crippen LogP contribution in [0.3, 0.4) is 0 Å². The Morgan fingerprint density at radius 3 is 2.50 bits per heavy atom. The molecule has 2 aromatic carbocycles. The van der Waals surface area contributed by atoms with Gasteiger partial charge >= 0.3 is 0 Å². The first-order valence-corrected chi connectivity index (χ1v) is 10.7. The van der Waals surface area contributed by atoms with Gasteiger partial charge in [-0.15, -0.1) is 5.10 Å². The summed E-state index contributed by atoms with van der Waals surface area (Å²) in [5, 5.41) is 11.2. The Bertz CT molecular complexity index is 1170. The normalized spacial score (nSPS) is 10.8. The predicted octanol–water partition coefficient (Wildman–Crippen LogP) is 5.44. The van der Waals surface area contributed by atoms with Crippen LogP contribution in [-0.2, 0) is 0 Å². The Kier molecular flexibility index (Phi) is 5.67. The summed E-state index contributed by atoms with van der Waals surface area (Å²) in [6, 6.07) is 15.7. The summed E-state index contributed by atoms with van der Waals surface area (Å²) in [5.74, 6) is 2.42. The van der Waals surface area contributed by atoms with Gasteiger partial charge in [0.25, 0.3) is 0 Å². The molecular weight excluding hydrogens is 396 g/mol. The van der Waals surface area contributed by atoms with Crippen LogP contribution < -0.4 is 10.1 Å². The number of benzene rings is 2. The molecule has 0 saturated heterocycles. The molecule has 7 nitrogen and oxygen atoms in total. The monoisotopic (exact) mass is 418 g/mol. The fourth-order valence-electron chi connectivity index (χ4n) is 2.90. The van der Waals surface area contributed by atoms with Crippen LogP contribution >= 0.6 is 11.8 Å². The van der Waals surface area contributed by atoms with Crippen molar-refractivity contribution in [2.75, 3.05) is 11.6 Å².